The van der Waals surface area contributed by atoms with Crippen molar-refractivity contribution in [2.75, 3.05) is 12.8 Å². The Kier molecular flexibility index (Phi) is 3.25. The molecule has 0 saturated heterocycles. The molecule has 5 nitrogen and oxygen atoms in total. The first-order chi connectivity index (χ1) is 8.52. The number of rotatable bonds is 2. The summed E-state index contributed by atoms with van der Waals surface area (Å²) in [5.41, 5.74) is 8.06. The standard InChI is InChI=1S/C12H12ClN3O2/c1-7-3-9(16-6-8(13)5-15-16)4-10(11(7)14)12(17)18-2/h3-6H,14H2,1-2H3. The number of carbonyl (C=O) groups is 1. The summed E-state index contributed by atoms with van der Waals surface area (Å²) < 4.78 is 6.26. The summed E-state index contributed by atoms with van der Waals surface area (Å²) in [7, 11) is 1.31. The summed E-state index contributed by atoms with van der Waals surface area (Å²) in [5, 5.41) is 4.59. The highest BCUT2D eigenvalue weighted by molar-refractivity contribution is 6.30. The van der Waals surface area contributed by atoms with Crippen molar-refractivity contribution in [3.05, 3.63) is 40.7 Å². The molecule has 0 bridgehead atoms. The first-order valence-corrected chi connectivity index (χ1v) is 5.59. The Balaban J connectivity index is 2.57. The molecule has 6 heteroatoms. The van der Waals surface area contributed by atoms with Crippen LogP contribution in [-0.4, -0.2) is 22.9 Å². The number of halogens is 1. The summed E-state index contributed by atoms with van der Waals surface area (Å²) in [4.78, 5) is 11.6. The van der Waals surface area contributed by atoms with E-state index in [0.29, 0.717) is 22.0 Å². The summed E-state index contributed by atoms with van der Waals surface area (Å²) in [5.74, 6) is -0.476. The summed E-state index contributed by atoms with van der Waals surface area (Å²) in [6.07, 6.45) is 3.17. The Morgan fingerprint density at radius 1 is 1.50 bits per heavy atom. The molecule has 2 N–H and O–H groups in total. The first kappa shape index (κ1) is 12.4. The van der Waals surface area contributed by atoms with Crippen molar-refractivity contribution in [1.82, 2.24) is 9.78 Å². The van der Waals surface area contributed by atoms with Gasteiger partial charge in [0.15, 0.2) is 0 Å². The topological polar surface area (TPSA) is 70.1 Å². The van der Waals surface area contributed by atoms with Gasteiger partial charge in [0.25, 0.3) is 0 Å². The van der Waals surface area contributed by atoms with E-state index < -0.39 is 5.97 Å². The quantitative estimate of drug-likeness (QED) is 0.668. The van der Waals surface area contributed by atoms with Crippen LogP contribution in [0.3, 0.4) is 0 Å². The molecule has 94 valence electrons. The number of ether oxygens (including phenoxy) is 1. The molecule has 0 amide bonds. The van der Waals surface area contributed by atoms with Crippen LogP contribution in [-0.2, 0) is 4.74 Å². The molecule has 0 fully saturated rings. The normalized spacial score (nSPS) is 10.4. The molecule has 1 aromatic heterocycles. The number of esters is 1. The van der Waals surface area contributed by atoms with Crippen LogP contribution in [0.2, 0.25) is 5.02 Å². The van der Waals surface area contributed by atoms with Gasteiger partial charge in [-0.15, -0.1) is 0 Å². The molecule has 0 unspecified atom stereocenters. The second-order valence-corrected chi connectivity index (χ2v) is 4.26. The zero-order valence-corrected chi connectivity index (χ0v) is 10.7. The monoisotopic (exact) mass is 265 g/mol. The highest BCUT2D eigenvalue weighted by atomic mass is 35.5. The van der Waals surface area contributed by atoms with Gasteiger partial charge in [-0.05, 0) is 24.6 Å². The SMILES string of the molecule is COC(=O)c1cc(-n2cc(Cl)cn2)cc(C)c1N. The van der Waals surface area contributed by atoms with Crippen molar-refractivity contribution < 1.29 is 9.53 Å². The van der Waals surface area contributed by atoms with E-state index in [1.54, 1.807) is 16.9 Å². The maximum absolute atomic E-state index is 11.6. The van der Waals surface area contributed by atoms with E-state index >= 15 is 0 Å². The molecule has 1 heterocycles. The number of hydrogen-bond donors (Lipinski definition) is 1. The van der Waals surface area contributed by atoms with Gasteiger partial charge in [-0.25, -0.2) is 9.48 Å². The Bertz CT molecular complexity index is 607. The molecule has 18 heavy (non-hydrogen) atoms. The fraction of sp³-hybridized carbons (Fsp3) is 0.167. The Morgan fingerprint density at radius 3 is 2.78 bits per heavy atom. The lowest BCUT2D eigenvalue weighted by atomic mass is 10.1. The predicted molar refractivity (Wildman–Crippen MR) is 69.1 cm³/mol. The van der Waals surface area contributed by atoms with Crippen molar-refractivity contribution in [1.29, 1.82) is 0 Å². The predicted octanol–water partition coefficient (Wildman–Crippen LogP) is 2.20. The van der Waals surface area contributed by atoms with Crippen LogP contribution < -0.4 is 5.73 Å². The molecule has 2 rings (SSSR count). The average molecular weight is 266 g/mol. The fourth-order valence-corrected chi connectivity index (χ4v) is 1.77. The molecule has 0 aliphatic heterocycles. The Hall–Kier alpha value is -2.01. The zero-order valence-electron chi connectivity index (χ0n) is 9.98. The lowest BCUT2D eigenvalue weighted by Crippen LogP contribution is -2.09. The third-order valence-electron chi connectivity index (χ3n) is 2.59. The number of nitrogens with zero attached hydrogens (tertiary/aromatic N) is 2. The van der Waals surface area contributed by atoms with Gasteiger partial charge in [-0.1, -0.05) is 11.6 Å². The van der Waals surface area contributed by atoms with Crippen LogP contribution in [0, 0.1) is 6.92 Å². The Morgan fingerprint density at radius 2 is 2.22 bits per heavy atom. The number of anilines is 1. The van der Waals surface area contributed by atoms with Crippen LogP contribution in [0.1, 0.15) is 15.9 Å². The van der Waals surface area contributed by atoms with Gasteiger partial charge in [0, 0.05) is 11.9 Å². The number of aromatic nitrogens is 2. The zero-order chi connectivity index (χ0) is 13.3. The number of hydrogen-bond acceptors (Lipinski definition) is 4. The highest BCUT2D eigenvalue weighted by Gasteiger charge is 2.14. The van der Waals surface area contributed by atoms with Gasteiger partial charge in [0.05, 0.1) is 29.6 Å². The number of benzene rings is 1. The molecule has 0 radical (unpaired) electrons. The summed E-state index contributed by atoms with van der Waals surface area (Å²) >= 11 is 5.81. The van der Waals surface area contributed by atoms with Crippen LogP contribution in [0.5, 0.6) is 0 Å². The van der Waals surface area contributed by atoms with Gasteiger partial charge in [0.1, 0.15) is 0 Å². The first-order valence-electron chi connectivity index (χ1n) is 5.22. The minimum absolute atomic E-state index is 0.319. The van der Waals surface area contributed by atoms with Crippen molar-refractivity contribution in [2.45, 2.75) is 6.92 Å². The van der Waals surface area contributed by atoms with E-state index in [-0.39, 0.29) is 0 Å². The molecule has 0 aliphatic rings. The number of carbonyl (C=O) groups excluding carboxylic acids is 1. The van der Waals surface area contributed by atoms with Gasteiger partial charge in [0.2, 0.25) is 0 Å². The van der Waals surface area contributed by atoms with Crippen molar-refractivity contribution in [3.8, 4) is 5.69 Å². The second kappa shape index (κ2) is 4.70. The molecule has 0 spiro atoms. The largest absolute Gasteiger partial charge is 0.465 e. The van der Waals surface area contributed by atoms with E-state index in [4.69, 9.17) is 22.1 Å². The third kappa shape index (κ3) is 2.17. The van der Waals surface area contributed by atoms with E-state index in [0.717, 1.165) is 5.56 Å². The average Bonchev–Trinajstić information content (AvgIpc) is 2.78. The smallest absolute Gasteiger partial charge is 0.340 e. The minimum atomic E-state index is -0.476. The van der Waals surface area contributed by atoms with E-state index in [1.165, 1.54) is 13.3 Å². The fourth-order valence-electron chi connectivity index (χ4n) is 1.63. The van der Waals surface area contributed by atoms with Crippen LogP contribution in [0.25, 0.3) is 5.69 Å². The lowest BCUT2D eigenvalue weighted by Gasteiger charge is -2.10. The molecular weight excluding hydrogens is 254 g/mol. The van der Waals surface area contributed by atoms with Crippen molar-refractivity contribution >= 4 is 23.3 Å². The number of nitrogen functional groups attached to an aromatic ring is 1. The van der Waals surface area contributed by atoms with E-state index in [2.05, 4.69) is 5.10 Å². The Labute approximate surface area is 109 Å². The number of methoxy groups -OCH3 is 1. The molecular formula is C12H12ClN3O2. The lowest BCUT2D eigenvalue weighted by molar-refractivity contribution is 0.0602. The molecule has 0 atom stereocenters. The molecule has 0 aliphatic carbocycles. The van der Waals surface area contributed by atoms with Crippen LogP contribution in [0.4, 0.5) is 5.69 Å². The maximum Gasteiger partial charge on any atom is 0.340 e. The third-order valence-corrected chi connectivity index (χ3v) is 2.79. The summed E-state index contributed by atoms with van der Waals surface area (Å²) in [6.45, 7) is 1.82. The summed E-state index contributed by atoms with van der Waals surface area (Å²) in [6, 6.07) is 3.45. The second-order valence-electron chi connectivity index (χ2n) is 3.82. The minimum Gasteiger partial charge on any atom is -0.465 e. The number of aryl methyl sites for hydroxylation is 1. The molecule has 1 aromatic carbocycles. The number of nitrogens with two attached hydrogens (primary N) is 1. The highest BCUT2D eigenvalue weighted by Crippen LogP contribution is 2.23. The van der Waals surface area contributed by atoms with Gasteiger partial charge < -0.3 is 10.5 Å². The van der Waals surface area contributed by atoms with Gasteiger partial charge in [-0.2, -0.15) is 5.10 Å². The van der Waals surface area contributed by atoms with Gasteiger partial charge >= 0.3 is 5.97 Å². The van der Waals surface area contributed by atoms with Crippen molar-refractivity contribution in [2.24, 2.45) is 0 Å². The van der Waals surface area contributed by atoms with E-state index in [1.807, 2.05) is 13.0 Å². The maximum atomic E-state index is 11.6. The van der Waals surface area contributed by atoms with Gasteiger partial charge in [-0.3, -0.25) is 0 Å². The van der Waals surface area contributed by atoms with Crippen LogP contribution >= 0.6 is 11.6 Å². The molecule has 0 saturated carbocycles. The van der Waals surface area contributed by atoms with Crippen molar-refractivity contribution in [3.63, 3.8) is 0 Å². The van der Waals surface area contributed by atoms with E-state index in [9.17, 15) is 4.79 Å². The van der Waals surface area contributed by atoms with Crippen LogP contribution in [0.15, 0.2) is 24.5 Å². The molecule has 2 aromatic rings.